The summed E-state index contributed by atoms with van der Waals surface area (Å²) in [6.07, 6.45) is 7.76. The highest BCUT2D eigenvalue weighted by atomic mass is 16.4. The largest absolute Gasteiger partial charge is 0.476 e. The van der Waals surface area contributed by atoms with Crippen molar-refractivity contribution in [3.05, 3.63) is 59.2 Å². The number of carboxylic acids is 1. The fraction of sp³-hybridized carbons (Fsp3) is 0.450. The summed E-state index contributed by atoms with van der Waals surface area (Å²) >= 11 is 0. The molecule has 1 saturated heterocycles. The molecule has 0 atom stereocenters. The van der Waals surface area contributed by atoms with Crippen LogP contribution in [0.4, 0.5) is 0 Å². The van der Waals surface area contributed by atoms with Gasteiger partial charge in [0.1, 0.15) is 0 Å². The minimum Gasteiger partial charge on any atom is -0.476 e. The molecule has 5 heteroatoms. The van der Waals surface area contributed by atoms with Gasteiger partial charge in [-0.25, -0.2) is 9.78 Å². The van der Waals surface area contributed by atoms with Crippen molar-refractivity contribution < 1.29 is 9.90 Å². The Morgan fingerprint density at radius 3 is 2.48 bits per heavy atom. The van der Waals surface area contributed by atoms with Crippen LogP contribution in [0.2, 0.25) is 0 Å². The van der Waals surface area contributed by atoms with Crippen LogP contribution < -0.4 is 0 Å². The number of rotatable bonds is 6. The maximum Gasteiger partial charge on any atom is 0.356 e. The minimum absolute atomic E-state index is 0.00133. The summed E-state index contributed by atoms with van der Waals surface area (Å²) in [6.45, 7) is 5.01. The van der Waals surface area contributed by atoms with E-state index < -0.39 is 5.97 Å². The van der Waals surface area contributed by atoms with Crippen LogP contribution >= 0.6 is 0 Å². The lowest BCUT2D eigenvalue weighted by Gasteiger charge is -2.31. The van der Waals surface area contributed by atoms with E-state index in [-0.39, 0.29) is 5.69 Å². The van der Waals surface area contributed by atoms with E-state index in [0.29, 0.717) is 0 Å². The molecule has 1 aromatic carbocycles. The molecule has 0 unspecified atom stereocenters. The van der Waals surface area contributed by atoms with Gasteiger partial charge in [-0.3, -0.25) is 9.88 Å². The van der Waals surface area contributed by atoms with Crippen molar-refractivity contribution in [1.82, 2.24) is 14.9 Å². The van der Waals surface area contributed by atoms with Crippen molar-refractivity contribution in [3.63, 3.8) is 0 Å². The van der Waals surface area contributed by atoms with Gasteiger partial charge >= 0.3 is 5.97 Å². The van der Waals surface area contributed by atoms with Gasteiger partial charge in [-0.1, -0.05) is 29.8 Å². The van der Waals surface area contributed by atoms with Gasteiger partial charge in [0.15, 0.2) is 5.69 Å². The van der Waals surface area contributed by atoms with Gasteiger partial charge in [0.2, 0.25) is 0 Å². The number of carbonyl (C=O) groups is 1. The van der Waals surface area contributed by atoms with Gasteiger partial charge < -0.3 is 5.11 Å². The first-order valence-electron chi connectivity index (χ1n) is 8.92. The molecular weight excluding hydrogens is 314 g/mol. The van der Waals surface area contributed by atoms with E-state index in [2.05, 4.69) is 46.1 Å². The Labute approximate surface area is 148 Å². The maximum absolute atomic E-state index is 10.8. The predicted molar refractivity (Wildman–Crippen MR) is 96.5 cm³/mol. The van der Waals surface area contributed by atoms with Crippen LogP contribution in [-0.2, 0) is 13.0 Å². The summed E-state index contributed by atoms with van der Waals surface area (Å²) in [6, 6.07) is 8.86. The third-order valence-corrected chi connectivity index (χ3v) is 4.98. The lowest BCUT2D eigenvalue weighted by molar-refractivity contribution is 0.0690. The molecular formula is C20H25N3O2. The number of likely N-dealkylation sites (tertiary alicyclic amines) is 1. The normalized spacial score (nSPS) is 16.0. The molecule has 1 aliphatic heterocycles. The molecule has 1 N–H and O–H groups in total. The average molecular weight is 339 g/mol. The number of nitrogens with zero attached hydrogens (tertiary/aromatic N) is 3. The topological polar surface area (TPSA) is 66.3 Å². The molecule has 0 aliphatic carbocycles. The molecule has 0 saturated carbocycles. The molecule has 1 aromatic heterocycles. The minimum atomic E-state index is -1.03. The van der Waals surface area contributed by atoms with Crippen molar-refractivity contribution in [2.24, 2.45) is 5.92 Å². The van der Waals surface area contributed by atoms with Crippen molar-refractivity contribution in [3.8, 4) is 0 Å². The summed E-state index contributed by atoms with van der Waals surface area (Å²) < 4.78 is 0. The van der Waals surface area contributed by atoms with Gasteiger partial charge in [-0.05, 0) is 57.2 Å². The van der Waals surface area contributed by atoms with Crippen molar-refractivity contribution in [1.29, 1.82) is 0 Å². The Morgan fingerprint density at radius 1 is 1.16 bits per heavy atom. The number of aryl methyl sites for hydroxylation is 2. The zero-order chi connectivity index (χ0) is 17.6. The van der Waals surface area contributed by atoms with Crippen LogP contribution in [0.1, 0.15) is 46.6 Å². The number of hydrogen-bond acceptors (Lipinski definition) is 4. The van der Waals surface area contributed by atoms with Crippen LogP contribution in [-0.4, -0.2) is 39.0 Å². The highest BCUT2D eigenvalue weighted by molar-refractivity contribution is 5.84. The highest BCUT2D eigenvalue weighted by Crippen LogP contribution is 2.23. The molecule has 25 heavy (non-hydrogen) atoms. The molecule has 1 aliphatic rings. The van der Waals surface area contributed by atoms with E-state index in [1.54, 1.807) is 6.20 Å². The molecule has 0 radical (unpaired) electrons. The second-order valence-electron chi connectivity index (χ2n) is 6.94. The fourth-order valence-electron chi connectivity index (χ4n) is 3.33. The molecule has 2 heterocycles. The Morgan fingerprint density at radius 2 is 1.88 bits per heavy atom. The van der Waals surface area contributed by atoms with Gasteiger partial charge in [0.25, 0.3) is 0 Å². The van der Waals surface area contributed by atoms with Crippen LogP contribution in [0.3, 0.4) is 0 Å². The number of aromatic carboxylic acids is 1. The molecule has 0 spiro atoms. The van der Waals surface area contributed by atoms with Crippen molar-refractivity contribution in [2.75, 3.05) is 13.1 Å². The van der Waals surface area contributed by atoms with Gasteiger partial charge in [-0.2, -0.15) is 0 Å². The first-order chi connectivity index (χ1) is 12.1. The fourth-order valence-corrected chi connectivity index (χ4v) is 3.33. The van der Waals surface area contributed by atoms with Crippen LogP contribution in [0, 0.1) is 12.8 Å². The standard InChI is InChI=1S/C20H25N3O2/c1-15-2-4-16(5-3-15)6-7-17-8-10-23(11-9-17)14-18-12-22-19(13-21-18)20(24)25/h2-5,12-13,17H,6-11,14H2,1H3,(H,24,25). The maximum atomic E-state index is 10.8. The molecule has 0 bridgehead atoms. The van der Waals surface area contributed by atoms with E-state index in [9.17, 15) is 4.79 Å². The Hall–Kier alpha value is -2.27. The highest BCUT2D eigenvalue weighted by Gasteiger charge is 2.19. The summed E-state index contributed by atoms with van der Waals surface area (Å²) in [5.74, 6) is -0.244. The van der Waals surface area contributed by atoms with Crippen LogP contribution in [0.15, 0.2) is 36.7 Å². The van der Waals surface area contributed by atoms with Crippen LogP contribution in [0.5, 0.6) is 0 Å². The monoisotopic (exact) mass is 339 g/mol. The molecule has 132 valence electrons. The SMILES string of the molecule is Cc1ccc(CCC2CCN(Cc3cnc(C(=O)O)cn3)CC2)cc1. The number of benzene rings is 1. The van der Waals surface area contributed by atoms with Crippen LogP contribution in [0.25, 0.3) is 0 Å². The van der Waals surface area contributed by atoms with Gasteiger partial charge in [0.05, 0.1) is 18.1 Å². The molecule has 3 rings (SSSR count). The summed E-state index contributed by atoms with van der Waals surface area (Å²) in [4.78, 5) is 21.3. The smallest absolute Gasteiger partial charge is 0.356 e. The molecule has 0 amide bonds. The number of carboxylic acid groups (broad SMARTS) is 1. The second-order valence-corrected chi connectivity index (χ2v) is 6.94. The third-order valence-electron chi connectivity index (χ3n) is 4.98. The van der Waals surface area contributed by atoms with Crippen molar-refractivity contribution >= 4 is 5.97 Å². The summed E-state index contributed by atoms with van der Waals surface area (Å²) in [5.41, 5.74) is 3.58. The zero-order valence-electron chi connectivity index (χ0n) is 14.7. The lowest BCUT2D eigenvalue weighted by Crippen LogP contribution is -2.33. The number of hydrogen-bond donors (Lipinski definition) is 1. The number of piperidine rings is 1. The van der Waals surface area contributed by atoms with E-state index in [1.165, 1.54) is 36.6 Å². The number of aromatic nitrogens is 2. The molecule has 5 nitrogen and oxygen atoms in total. The molecule has 1 fully saturated rings. The Bertz CT molecular complexity index is 690. The van der Waals surface area contributed by atoms with Gasteiger partial charge in [0, 0.05) is 6.54 Å². The predicted octanol–water partition coefficient (Wildman–Crippen LogP) is 3.33. The second kappa shape index (κ2) is 8.21. The Balaban J connectivity index is 1.42. The van der Waals surface area contributed by atoms with Gasteiger partial charge in [-0.15, -0.1) is 0 Å². The average Bonchev–Trinajstić information content (AvgIpc) is 2.63. The van der Waals surface area contributed by atoms with E-state index in [4.69, 9.17) is 5.11 Å². The van der Waals surface area contributed by atoms with E-state index in [1.807, 2.05) is 0 Å². The van der Waals surface area contributed by atoms with E-state index >= 15 is 0 Å². The first kappa shape index (κ1) is 17.5. The summed E-state index contributed by atoms with van der Waals surface area (Å²) in [7, 11) is 0. The quantitative estimate of drug-likeness (QED) is 0.874. The van der Waals surface area contributed by atoms with E-state index in [0.717, 1.165) is 37.7 Å². The van der Waals surface area contributed by atoms with Crippen molar-refractivity contribution in [2.45, 2.75) is 39.2 Å². The third kappa shape index (κ3) is 5.10. The first-order valence-corrected chi connectivity index (χ1v) is 8.92. The Kier molecular flexibility index (Phi) is 5.76. The molecule has 2 aromatic rings. The zero-order valence-corrected chi connectivity index (χ0v) is 14.7. The lowest BCUT2D eigenvalue weighted by atomic mass is 9.90. The summed E-state index contributed by atoms with van der Waals surface area (Å²) in [5, 5.41) is 8.86.